The summed E-state index contributed by atoms with van der Waals surface area (Å²) in [6, 6.07) is 1.81. The van der Waals surface area contributed by atoms with Crippen molar-refractivity contribution < 1.29 is 4.52 Å². The van der Waals surface area contributed by atoms with Crippen molar-refractivity contribution in [3.05, 3.63) is 18.5 Å². The molecule has 10 heavy (non-hydrogen) atoms. The Morgan fingerprint density at radius 2 is 2.60 bits per heavy atom. The topological polar surface area (TPSA) is 43.3 Å². The summed E-state index contributed by atoms with van der Waals surface area (Å²) in [5.41, 5.74) is 1.64. The molecule has 0 N–H and O–H groups in total. The molecule has 0 aliphatic carbocycles. The summed E-state index contributed by atoms with van der Waals surface area (Å²) in [7, 11) is 0. The third kappa shape index (κ3) is 0.500. The first-order valence-corrected chi connectivity index (χ1v) is 2.80. The molecule has 0 saturated heterocycles. The fourth-order valence-corrected chi connectivity index (χ4v) is 0.872. The Balaban J connectivity index is 2.88. The summed E-state index contributed by atoms with van der Waals surface area (Å²) < 4.78 is 6.29. The van der Waals surface area contributed by atoms with Gasteiger partial charge in [-0.3, -0.25) is 0 Å². The van der Waals surface area contributed by atoms with Crippen molar-refractivity contribution in [2.75, 3.05) is 0 Å². The average molecular weight is 135 g/mol. The van der Waals surface area contributed by atoms with Crippen LogP contribution in [0.1, 0.15) is 0 Å². The third-order valence-corrected chi connectivity index (χ3v) is 1.35. The Labute approximate surface area is 56.7 Å². The number of fused-ring (bicyclic) bond motifs is 1. The molecule has 50 valence electrons. The number of aromatic nitrogens is 2. The number of rotatable bonds is 1. The molecule has 4 heteroatoms. The van der Waals surface area contributed by atoms with Gasteiger partial charge >= 0.3 is 0 Å². The molecule has 0 fully saturated rings. The minimum Gasteiger partial charge on any atom is -0.362 e. The van der Waals surface area contributed by atoms with Gasteiger partial charge in [0.1, 0.15) is 17.3 Å². The highest BCUT2D eigenvalue weighted by atomic mass is 16.5. The molecule has 0 radical (unpaired) electrons. The van der Waals surface area contributed by atoms with Crippen molar-refractivity contribution in [3.63, 3.8) is 0 Å². The average Bonchev–Trinajstić information content (AvgIpc) is 2.44. The van der Waals surface area contributed by atoms with Gasteiger partial charge in [-0.25, -0.2) is 4.68 Å². The normalized spacial score (nSPS) is 10.4. The van der Waals surface area contributed by atoms with E-state index in [0.29, 0.717) is 0 Å². The molecule has 0 unspecified atom stereocenters. The van der Waals surface area contributed by atoms with E-state index in [1.165, 1.54) is 6.26 Å². The smallest absolute Gasteiger partial charge is 0.150 e. The summed E-state index contributed by atoms with van der Waals surface area (Å²) >= 11 is 0. The van der Waals surface area contributed by atoms with Gasteiger partial charge in [-0.05, 0) is 6.07 Å². The predicted octanol–water partition coefficient (Wildman–Crippen LogP) is 1.09. The highest BCUT2D eigenvalue weighted by Crippen LogP contribution is 2.12. The quantitative estimate of drug-likeness (QED) is 0.549. The second-order valence-electron chi connectivity index (χ2n) is 1.89. The maximum Gasteiger partial charge on any atom is 0.150 e. The lowest BCUT2D eigenvalue weighted by Crippen LogP contribution is -1.79. The SMILES string of the molecule is C=Nn1ccc2nocc21. The predicted molar refractivity (Wildman–Crippen MR) is 36.9 cm³/mol. The molecule has 0 atom stereocenters. The number of nitrogens with zero attached hydrogens (tertiary/aromatic N) is 3. The van der Waals surface area contributed by atoms with E-state index in [0.717, 1.165) is 11.0 Å². The van der Waals surface area contributed by atoms with Gasteiger partial charge in [-0.15, -0.1) is 0 Å². The fraction of sp³-hybridized carbons (Fsp3) is 0. The van der Waals surface area contributed by atoms with Gasteiger partial charge in [-0.2, -0.15) is 5.10 Å². The van der Waals surface area contributed by atoms with E-state index in [9.17, 15) is 0 Å². The molecule has 0 spiro atoms. The van der Waals surface area contributed by atoms with E-state index in [2.05, 4.69) is 21.5 Å². The molecule has 0 bridgehead atoms. The van der Waals surface area contributed by atoms with Gasteiger partial charge < -0.3 is 4.52 Å². The lowest BCUT2D eigenvalue weighted by atomic mass is 10.5. The molecule has 2 aromatic heterocycles. The van der Waals surface area contributed by atoms with E-state index >= 15 is 0 Å². The molecule has 4 nitrogen and oxygen atoms in total. The Kier molecular flexibility index (Phi) is 0.887. The minimum absolute atomic E-state index is 0.799. The van der Waals surface area contributed by atoms with E-state index in [4.69, 9.17) is 0 Å². The second kappa shape index (κ2) is 1.70. The van der Waals surface area contributed by atoms with Gasteiger partial charge in [-0.1, -0.05) is 5.16 Å². The van der Waals surface area contributed by atoms with Crippen molar-refractivity contribution in [3.8, 4) is 0 Å². The molecule has 0 amide bonds. The van der Waals surface area contributed by atoms with Gasteiger partial charge in [0.05, 0.1) is 0 Å². The van der Waals surface area contributed by atoms with Crippen molar-refractivity contribution in [2.24, 2.45) is 5.10 Å². The third-order valence-electron chi connectivity index (χ3n) is 1.35. The van der Waals surface area contributed by atoms with Gasteiger partial charge in [0.15, 0.2) is 0 Å². The maximum atomic E-state index is 4.69. The molecule has 0 aliphatic rings. The van der Waals surface area contributed by atoms with Crippen LogP contribution in [0.5, 0.6) is 0 Å². The van der Waals surface area contributed by atoms with E-state index in [1.54, 1.807) is 10.9 Å². The highest BCUT2D eigenvalue weighted by molar-refractivity contribution is 5.74. The summed E-state index contributed by atoms with van der Waals surface area (Å²) in [6.07, 6.45) is 3.31. The van der Waals surface area contributed by atoms with Crippen LogP contribution in [0, 0.1) is 0 Å². The summed E-state index contributed by atoms with van der Waals surface area (Å²) in [6.45, 7) is 3.38. The maximum absolute atomic E-state index is 4.69. The molecule has 2 aromatic rings. The Morgan fingerprint density at radius 3 is 3.40 bits per heavy atom. The van der Waals surface area contributed by atoms with Crippen LogP contribution >= 0.6 is 0 Å². The van der Waals surface area contributed by atoms with Crippen LogP contribution in [-0.2, 0) is 0 Å². The number of hydrogen-bond donors (Lipinski definition) is 0. The largest absolute Gasteiger partial charge is 0.362 e. The van der Waals surface area contributed by atoms with Crippen LogP contribution in [0.2, 0.25) is 0 Å². The zero-order valence-corrected chi connectivity index (χ0v) is 5.19. The fourth-order valence-electron chi connectivity index (χ4n) is 0.872. The van der Waals surface area contributed by atoms with Crippen molar-refractivity contribution >= 4 is 17.8 Å². The van der Waals surface area contributed by atoms with Crippen molar-refractivity contribution in [1.29, 1.82) is 0 Å². The molecular formula is C6H5N3O. The first-order valence-electron chi connectivity index (χ1n) is 2.80. The second-order valence-corrected chi connectivity index (χ2v) is 1.89. The summed E-state index contributed by atoms with van der Waals surface area (Å²) in [4.78, 5) is 0. The van der Waals surface area contributed by atoms with Crippen LogP contribution in [0.25, 0.3) is 11.0 Å². The van der Waals surface area contributed by atoms with Gasteiger partial charge in [0, 0.05) is 12.9 Å². The molecule has 2 heterocycles. The first-order chi connectivity index (χ1) is 4.92. The van der Waals surface area contributed by atoms with E-state index in [-0.39, 0.29) is 0 Å². The van der Waals surface area contributed by atoms with Crippen LogP contribution in [0.3, 0.4) is 0 Å². The lowest BCUT2D eigenvalue weighted by Gasteiger charge is -1.86. The monoisotopic (exact) mass is 135 g/mol. The summed E-state index contributed by atoms with van der Waals surface area (Å²) in [5, 5.41) is 7.40. The highest BCUT2D eigenvalue weighted by Gasteiger charge is 2.00. The lowest BCUT2D eigenvalue weighted by molar-refractivity contribution is 0.427. The molecule has 0 saturated carbocycles. The van der Waals surface area contributed by atoms with Crippen LogP contribution in [0.4, 0.5) is 0 Å². The van der Waals surface area contributed by atoms with Crippen LogP contribution in [-0.4, -0.2) is 16.6 Å². The van der Waals surface area contributed by atoms with Crippen molar-refractivity contribution in [2.45, 2.75) is 0 Å². The van der Waals surface area contributed by atoms with E-state index < -0.39 is 0 Å². The summed E-state index contributed by atoms with van der Waals surface area (Å²) in [5.74, 6) is 0. The van der Waals surface area contributed by atoms with E-state index in [1.807, 2.05) is 6.07 Å². The first kappa shape index (κ1) is 5.22. The van der Waals surface area contributed by atoms with Gasteiger partial charge in [0.2, 0.25) is 0 Å². The standard InChI is InChI=1S/C6H5N3O/c1-7-9-3-2-5-6(9)4-10-8-5/h2-4H,1H2. The zero-order chi connectivity index (χ0) is 6.97. The minimum atomic E-state index is 0.799. The van der Waals surface area contributed by atoms with Gasteiger partial charge in [0.25, 0.3) is 0 Å². The number of hydrogen-bond acceptors (Lipinski definition) is 3. The van der Waals surface area contributed by atoms with Crippen LogP contribution in [0.15, 0.2) is 28.2 Å². The zero-order valence-electron chi connectivity index (χ0n) is 5.19. The Bertz CT molecular complexity index is 360. The Hall–Kier alpha value is -1.58. The molecule has 2 rings (SSSR count). The molecule has 0 aliphatic heterocycles. The van der Waals surface area contributed by atoms with Crippen molar-refractivity contribution in [1.82, 2.24) is 9.83 Å². The molecular weight excluding hydrogens is 130 g/mol. The Morgan fingerprint density at radius 1 is 1.70 bits per heavy atom. The van der Waals surface area contributed by atoms with Crippen LogP contribution < -0.4 is 0 Å². The molecule has 0 aromatic carbocycles.